The van der Waals surface area contributed by atoms with Gasteiger partial charge in [-0.1, -0.05) is 25.6 Å². The normalized spacial score (nSPS) is 12.1. The minimum absolute atomic E-state index is 0.299. The van der Waals surface area contributed by atoms with Crippen LogP contribution in [0.25, 0.3) is 0 Å². The number of nitrogens with one attached hydrogen (secondary N) is 1. The van der Waals surface area contributed by atoms with Gasteiger partial charge in [0.2, 0.25) is 0 Å². The first-order chi connectivity index (χ1) is 10.6. The molecule has 1 N–H and O–H groups in total. The summed E-state index contributed by atoms with van der Waals surface area (Å²) in [5.41, 5.74) is 3.43. The highest BCUT2D eigenvalue weighted by Gasteiger charge is 2.12. The van der Waals surface area contributed by atoms with Gasteiger partial charge in [-0.2, -0.15) is 5.10 Å². The first kappa shape index (κ1) is 16.3. The van der Waals surface area contributed by atoms with Gasteiger partial charge in [0.25, 0.3) is 0 Å². The Bertz CT molecular complexity index is 618. The van der Waals surface area contributed by atoms with Crippen LogP contribution in [0.1, 0.15) is 37.6 Å². The molecule has 1 aromatic heterocycles. The van der Waals surface area contributed by atoms with Crippen LogP contribution >= 0.6 is 0 Å². The molecule has 0 spiro atoms. The van der Waals surface area contributed by atoms with Crippen LogP contribution in [0, 0.1) is 0 Å². The highest BCUT2D eigenvalue weighted by molar-refractivity contribution is 5.29. The smallest absolute Gasteiger partial charge is 0.120 e. The summed E-state index contributed by atoms with van der Waals surface area (Å²) < 4.78 is 7.62. The Morgan fingerprint density at radius 2 is 2.23 bits per heavy atom. The van der Waals surface area contributed by atoms with Gasteiger partial charge in [-0.3, -0.25) is 4.68 Å². The van der Waals surface area contributed by atoms with Crippen molar-refractivity contribution in [2.45, 2.75) is 32.9 Å². The fourth-order valence-electron chi connectivity index (χ4n) is 2.38. The topological polar surface area (TPSA) is 39.1 Å². The number of aryl methyl sites for hydroxylation is 1. The maximum absolute atomic E-state index is 5.69. The van der Waals surface area contributed by atoms with E-state index in [-0.39, 0.29) is 0 Å². The SMILES string of the molecule is C=C(C)COc1cccc(CN[C@H](CC)c2ccnn2C)c1. The highest BCUT2D eigenvalue weighted by atomic mass is 16.5. The second-order valence-corrected chi connectivity index (χ2v) is 5.61. The molecule has 118 valence electrons. The molecule has 2 rings (SSSR count). The summed E-state index contributed by atoms with van der Waals surface area (Å²) in [5, 5.41) is 7.83. The van der Waals surface area contributed by atoms with Crippen LogP contribution in [0.5, 0.6) is 5.75 Å². The van der Waals surface area contributed by atoms with Crippen LogP contribution in [0.3, 0.4) is 0 Å². The standard InChI is InChI=1S/C18H25N3O/c1-5-17(18-9-10-20-21(18)4)19-12-15-7-6-8-16(11-15)22-13-14(2)3/h6-11,17,19H,2,5,12-13H2,1,3-4H3/t17-/m1/s1. The highest BCUT2D eigenvalue weighted by Crippen LogP contribution is 2.18. The lowest BCUT2D eigenvalue weighted by Crippen LogP contribution is -2.22. The van der Waals surface area contributed by atoms with E-state index in [4.69, 9.17) is 4.74 Å². The van der Waals surface area contributed by atoms with Crippen LogP contribution in [0.4, 0.5) is 0 Å². The largest absolute Gasteiger partial charge is 0.489 e. The zero-order chi connectivity index (χ0) is 15.9. The number of rotatable bonds is 8. The molecular formula is C18H25N3O. The number of benzene rings is 1. The molecular weight excluding hydrogens is 274 g/mol. The molecule has 4 nitrogen and oxygen atoms in total. The second kappa shape index (κ2) is 7.80. The number of nitrogens with zero attached hydrogens (tertiary/aromatic N) is 2. The first-order valence-electron chi connectivity index (χ1n) is 7.67. The fraction of sp³-hybridized carbons (Fsp3) is 0.389. The summed E-state index contributed by atoms with van der Waals surface area (Å²) in [5.74, 6) is 0.885. The van der Waals surface area contributed by atoms with Crippen LogP contribution in [-0.4, -0.2) is 16.4 Å². The molecule has 0 bridgehead atoms. The van der Waals surface area contributed by atoms with Gasteiger partial charge in [0.05, 0.1) is 5.69 Å². The molecule has 1 atom stereocenters. The van der Waals surface area contributed by atoms with Crippen molar-refractivity contribution in [2.75, 3.05) is 6.61 Å². The third-order valence-electron chi connectivity index (χ3n) is 3.56. The molecule has 0 radical (unpaired) electrons. The third kappa shape index (κ3) is 4.46. The molecule has 22 heavy (non-hydrogen) atoms. The van der Waals surface area contributed by atoms with Crippen molar-refractivity contribution in [1.82, 2.24) is 15.1 Å². The minimum Gasteiger partial charge on any atom is -0.489 e. The molecule has 0 aliphatic heterocycles. The zero-order valence-electron chi connectivity index (χ0n) is 13.7. The summed E-state index contributed by atoms with van der Waals surface area (Å²) in [7, 11) is 1.98. The fourth-order valence-corrected chi connectivity index (χ4v) is 2.38. The van der Waals surface area contributed by atoms with Gasteiger partial charge in [0.15, 0.2) is 0 Å². The molecule has 2 aromatic rings. The van der Waals surface area contributed by atoms with Crippen molar-refractivity contribution in [3.05, 3.63) is 59.9 Å². The van der Waals surface area contributed by atoms with Crippen LogP contribution in [-0.2, 0) is 13.6 Å². The van der Waals surface area contributed by atoms with Crippen molar-refractivity contribution < 1.29 is 4.74 Å². The lowest BCUT2D eigenvalue weighted by molar-refractivity contribution is 0.352. The van der Waals surface area contributed by atoms with Gasteiger partial charge >= 0.3 is 0 Å². The second-order valence-electron chi connectivity index (χ2n) is 5.61. The van der Waals surface area contributed by atoms with Gasteiger partial charge in [-0.25, -0.2) is 0 Å². The summed E-state index contributed by atoms with van der Waals surface area (Å²) in [6.07, 6.45) is 2.86. The Hall–Kier alpha value is -2.07. The monoisotopic (exact) mass is 299 g/mol. The number of hydrogen-bond acceptors (Lipinski definition) is 3. The Balaban J connectivity index is 1.97. The number of aromatic nitrogens is 2. The zero-order valence-corrected chi connectivity index (χ0v) is 13.7. The van der Waals surface area contributed by atoms with Crippen molar-refractivity contribution in [2.24, 2.45) is 7.05 Å². The Kier molecular flexibility index (Phi) is 5.78. The quantitative estimate of drug-likeness (QED) is 0.757. The van der Waals surface area contributed by atoms with E-state index in [1.54, 1.807) is 0 Å². The van der Waals surface area contributed by atoms with Crippen LogP contribution in [0.15, 0.2) is 48.7 Å². The average molecular weight is 299 g/mol. The molecule has 0 saturated heterocycles. The van der Waals surface area contributed by atoms with E-state index >= 15 is 0 Å². The Labute approximate surface area is 132 Å². The van der Waals surface area contributed by atoms with Crippen molar-refractivity contribution >= 4 is 0 Å². The minimum atomic E-state index is 0.299. The average Bonchev–Trinajstić information content (AvgIpc) is 2.93. The van der Waals surface area contributed by atoms with Crippen molar-refractivity contribution in [1.29, 1.82) is 0 Å². The number of ether oxygens (including phenoxy) is 1. The van der Waals surface area contributed by atoms with Gasteiger partial charge in [-0.05, 0) is 42.7 Å². The van der Waals surface area contributed by atoms with Crippen molar-refractivity contribution in [3.63, 3.8) is 0 Å². The van der Waals surface area contributed by atoms with Gasteiger partial charge in [0, 0.05) is 25.8 Å². The van der Waals surface area contributed by atoms with Crippen molar-refractivity contribution in [3.8, 4) is 5.75 Å². The molecule has 0 amide bonds. The third-order valence-corrected chi connectivity index (χ3v) is 3.56. The number of hydrogen-bond donors (Lipinski definition) is 1. The summed E-state index contributed by atoms with van der Waals surface area (Å²) >= 11 is 0. The summed E-state index contributed by atoms with van der Waals surface area (Å²) in [6.45, 7) is 9.35. The maximum atomic E-state index is 5.69. The molecule has 1 heterocycles. The molecule has 0 aliphatic rings. The molecule has 0 saturated carbocycles. The van der Waals surface area contributed by atoms with E-state index in [1.165, 1.54) is 11.3 Å². The predicted molar refractivity (Wildman–Crippen MR) is 89.8 cm³/mol. The van der Waals surface area contributed by atoms with E-state index in [1.807, 2.05) is 37.0 Å². The van der Waals surface area contributed by atoms with E-state index < -0.39 is 0 Å². The van der Waals surface area contributed by atoms with E-state index in [0.717, 1.165) is 24.3 Å². The Morgan fingerprint density at radius 1 is 1.41 bits per heavy atom. The van der Waals surface area contributed by atoms with E-state index in [9.17, 15) is 0 Å². The lowest BCUT2D eigenvalue weighted by atomic mass is 10.1. The summed E-state index contributed by atoms with van der Waals surface area (Å²) in [4.78, 5) is 0. The summed E-state index contributed by atoms with van der Waals surface area (Å²) in [6, 6.07) is 10.5. The molecule has 0 aliphatic carbocycles. The van der Waals surface area contributed by atoms with E-state index in [0.29, 0.717) is 12.6 Å². The lowest BCUT2D eigenvalue weighted by Gasteiger charge is -2.17. The van der Waals surface area contributed by atoms with Crippen LogP contribution < -0.4 is 10.1 Å². The van der Waals surface area contributed by atoms with Gasteiger partial charge in [0.1, 0.15) is 12.4 Å². The molecule has 0 fully saturated rings. The molecule has 1 aromatic carbocycles. The predicted octanol–water partition coefficient (Wildman–Crippen LogP) is 3.62. The maximum Gasteiger partial charge on any atom is 0.120 e. The first-order valence-corrected chi connectivity index (χ1v) is 7.67. The van der Waals surface area contributed by atoms with Crippen LogP contribution in [0.2, 0.25) is 0 Å². The molecule has 0 unspecified atom stereocenters. The molecule has 4 heteroatoms. The Morgan fingerprint density at radius 3 is 2.86 bits per heavy atom. The van der Waals surface area contributed by atoms with Gasteiger partial charge in [-0.15, -0.1) is 0 Å². The van der Waals surface area contributed by atoms with Gasteiger partial charge < -0.3 is 10.1 Å². The van der Waals surface area contributed by atoms with E-state index in [2.05, 4.69) is 42.1 Å².